The first-order valence-corrected chi connectivity index (χ1v) is 4.14. The Kier molecular flexibility index (Phi) is 1.64. The fraction of sp³-hybridized carbons (Fsp3) is 0.444. The first-order chi connectivity index (χ1) is 5.77. The summed E-state index contributed by atoms with van der Waals surface area (Å²) in [6, 6.07) is 3.72. The number of carbonyl (C=O) groups excluding carboxylic acids is 1. The molecule has 0 saturated carbocycles. The van der Waals surface area contributed by atoms with Gasteiger partial charge in [0.25, 0.3) is 0 Å². The van der Waals surface area contributed by atoms with Crippen LogP contribution in [0.15, 0.2) is 16.5 Å². The average molecular weight is 165 g/mol. The highest BCUT2D eigenvalue weighted by Gasteiger charge is 2.23. The molecule has 1 saturated heterocycles. The lowest BCUT2D eigenvalue weighted by molar-refractivity contribution is -0.117. The van der Waals surface area contributed by atoms with Crippen LogP contribution in [-0.2, 0) is 4.79 Å². The van der Waals surface area contributed by atoms with Gasteiger partial charge in [0.05, 0.1) is 0 Å². The molecule has 0 unspecified atom stereocenters. The number of rotatable bonds is 1. The Morgan fingerprint density at radius 3 is 2.83 bits per heavy atom. The molecule has 1 aromatic heterocycles. The van der Waals surface area contributed by atoms with Gasteiger partial charge in [0.1, 0.15) is 5.76 Å². The van der Waals surface area contributed by atoms with Gasteiger partial charge in [-0.1, -0.05) is 0 Å². The molecule has 1 aromatic rings. The minimum absolute atomic E-state index is 0.171. The summed E-state index contributed by atoms with van der Waals surface area (Å²) in [5, 5.41) is 0. The van der Waals surface area contributed by atoms with Crippen LogP contribution in [0.3, 0.4) is 0 Å². The van der Waals surface area contributed by atoms with E-state index < -0.39 is 0 Å². The normalized spacial score (nSPS) is 17.4. The van der Waals surface area contributed by atoms with Crippen molar-refractivity contribution in [2.45, 2.75) is 19.8 Å². The molecular weight excluding hydrogens is 154 g/mol. The van der Waals surface area contributed by atoms with Gasteiger partial charge >= 0.3 is 0 Å². The van der Waals surface area contributed by atoms with Gasteiger partial charge in [-0.2, -0.15) is 0 Å². The van der Waals surface area contributed by atoms with Gasteiger partial charge in [0, 0.05) is 19.0 Å². The summed E-state index contributed by atoms with van der Waals surface area (Å²) < 4.78 is 5.34. The summed E-state index contributed by atoms with van der Waals surface area (Å²) in [6.45, 7) is 2.68. The summed E-state index contributed by atoms with van der Waals surface area (Å²) in [4.78, 5) is 13.0. The third-order valence-corrected chi connectivity index (χ3v) is 2.07. The van der Waals surface area contributed by atoms with Crippen molar-refractivity contribution in [2.75, 3.05) is 11.4 Å². The maximum atomic E-state index is 11.2. The number of furan rings is 1. The third-order valence-electron chi connectivity index (χ3n) is 2.07. The Hall–Kier alpha value is -1.25. The van der Waals surface area contributed by atoms with Crippen LogP contribution < -0.4 is 4.90 Å². The molecular formula is C9H11NO2. The molecule has 0 N–H and O–H groups in total. The van der Waals surface area contributed by atoms with Crippen LogP contribution >= 0.6 is 0 Å². The van der Waals surface area contributed by atoms with Crippen LogP contribution in [0.2, 0.25) is 0 Å². The summed E-state index contributed by atoms with van der Waals surface area (Å²) >= 11 is 0. The Labute approximate surface area is 71.0 Å². The molecule has 12 heavy (non-hydrogen) atoms. The van der Waals surface area contributed by atoms with E-state index in [1.165, 1.54) is 0 Å². The Morgan fingerprint density at radius 1 is 1.50 bits per heavy atom. The van der Waals surface area contributed by atoms with Crippen LogP contribution in [0.4, 0.5) is 5.88 Å². The summed E-state index contributed by atoms with van der Waals surface area (Å²) in [5.74, 6) is 1.71. The lowest BCUT2D eigenvalue weighted by Crippen LogP contribution is -2.22. The second-order valence-electron chi connectivity index (χ2n) is 3.03. The van der Waals surface area contributed by atoms with E-state index in [1.54, 1.807) is 4.90 Å². The zero-order valence-corrected chi connectivity index (χ0v) is 7.04. The molecule has 0 aliphatic carbocycles. The van der Waals surface area contributed by atoms with Gasteiger partial charge in [-0.3, -0.25) is 9.69 Å². The number of anilines is 1. The standard InChI is InChI=1S/C9H11NO2/c1-7-4-5-9(12-7)10-6-2-3-8(10)11/h4-5H,2-3,6H2,1H3. The second-order valence-corrected chi connectivity index (χ2v) is 3.03. The van der Waals surface area contributed by atoms with Crippen molar-refractivity contribution in [1.29, 1.82) is 0 Å². The van der Waals surface area contributed by atoms with Crippen LogP contribution in [0.25, 0.3) is 0 Å². The van der Waals surface area contributed by atoms with Crippen molar-refractivity contribution in [2.24, 2.45) is 0 Å². The SMILES string of the molecule is Cc1ccc(N2CCCC2=O)o1. The first-order valence-electron chi connectivity index (χ1n) is 4.14. The van der Waals surface area contributed by atoms with Crippen LogP contribution in [-0.4, -0.2) is 12.5 Å². The molecule has 0 spiro atoms. The molecule has 0 atom stereocenters. The van der Waals surface area contributed by atoms with Crippen LogP contribution in [0.5, 0.6) is 0 Å². The third kappa shape index (κ3) is 1.11. The highest BCUT2D eigenvalue weighted by atomic mass is 16.4. The Morgan fingerprint density at radius 2 is 2.33 bits per heavy atom. The van der Waals surface area contributed by atoms with E-state index in [9.17, 15) is 4.79 Å². The summed E-state index contributed by atoms with van der Waals surface area (Å²) in [7, 11) is 0. The van der Waals surface area contributed by atoms with Gasteiger partial charge in [0.15, 0.2) is 0 Å². The summed E-state index contributed by atoms with van der Waals surface area (Å²) in [5.41, 5.74) is 0. The molecule has 2 rings (SSSR count). The number of amides is 1. The largest absolute Gasteiger partial charge is 0.445 e. The smallest absolute Gasteiger partial charge is 0.229 e. The Bertz CT molecular complexity index is 303. The Balaban J connectivity index is 2.24. The highest BCUT2D eigenvalue weighted by Crippen LogP contribution is 2.22. The van der Waals surface area contributed by atoms with Gasteiger partial charge in [0.2, 0.25) is 11.8 Å². The van der Waals surface area contributed by atoms with Crippen LogP contribution in [0.1, 0.15) is 18.6 Å². The molecule has 1 amide bonds. The van der Waals surface area contributed by atoms with Crippen molar-refractivity contribution < 1.29 is 9.21 Å². The lowest BCUT2D eigenvalue weighted by atomic mass is 10.4. The zero-order chi connectivity index (χ0) is 8.55. The number of nitrogens with zero attached hydrogens (tertiary/aromatic N) is 1. The minimum atomic E-state index is 0.171. The predicted octanol–water partition coefficient (Wildman–Crippen LogP) is 1.71. The van der Waals surface area contributed by atoms with Gasteiger partial charge in [-0.05, 0) is 19.4 Å². The van der Waals surface area contributed by atoms with Gasteiger partial charge in [-0.15, -0.1) is 0 Å². The van der Waals surface area contributed by atoms with E-state index in [0.29, 0.717) is 12.3 Å². The van der Waals surface area contributed by atoms with Crippen molar-refractivity contribution in [3.8, 4) is 0 Å². The van der Waals surface area contributed by atoms with Crippen molar-refractivity contribution >= 4 is 11.8 Å². The fourth-order valence-electron chi connectivity index (χ4n) is 1.45. The highest BCUT2D eigenvalue weighted by molar-refractivity contribution is 5.93. The van der Waals surface area contributed by atoms with Crippen molar-refractivity contribution in [3.05, 3.63) is 17.9 Å². The first kappa shape index (κ1) is 7.40. The predicted molar refractivity (Wildman–Crippen MR) is 45.0 cm³/mol. The van der Waals surface area contributed by atoms with E-state index in [1.807, 2.05) is 19.1 Å². The van der Waals surface area contributed by atoms with E-state index >= 15 is 0 Å². The molecule has 1 aliphatic rings. The monoisotopic (exact) mass is 165 g/mol. The second kappa shape index (κ2) is 2.66. The minimum Gasteiger partial charge on any atom is -0.445 e. The van der Waals surface area contributed by atoms with E-state index in [2.05, 4.69) is 0 Å². The average Bonchev–Trinajstić information content (AvgIpc) is 2.58. The van der Waals surface area contributed by atoms with Crippen molar-refractivity contribution in [1.82, 2.24) is 0 Å². The number of hydrogen-bond donors (Lipinski definition) is 0. The lowest BCUT2D eigenvalue weighted by Gasteiger charge is -2.10. The van der Waals surface area contributed by atoms with Gasteiger partial charge in [-0.25, -0.2) is 0 Å². The molecule has 3 nitrogen and oxygen atoms in total. The fourth-order valence-corrected chi connectivity index (χ4v) is 1.45. The molecule has 0 aromatic carbocycles. The van der Waals surface area contributed by atoms with Crippen LogP contribution in [0, 0.1) is 6.92 Å². The topological polar surface area (TPSA) is 33.5 Å². The maximum Gasteiger partial charge on any atom is 0.229 e. The van der Waals surface area contributed by atoms with E-state index in [4.69, 9.17) is 4.42 Å². The summed E-state index contributed by atoms with van der Waals surface area (Å²) in [6.07, 6.45) is 1.60. The molecule has 1 aliphatic heterocycles. The molecule has 3 heteroatoms. The number of aryl methyl sites for hydroxylation is 1. The molecule has 64 valence electrons. The zero-order valence-electron chi connectivity index (χ0n) is 7.04. The van der Waals surface area contributed by atoms with E-state index in [-0.39, 0.29) is 5.91 Å². The van der Waals surface area contributed by atoms with E-state index in [0.717, 1.165) is 18.7 Å². The number of carbonyl (C=O) groups is 1. The molecule has 0 bridgehead atoms. The molecule has 1 fully saturated rings. The molecule has 2 heterocycles. The quantitative estimate of drug-likeness (QED) is 0.634. The van der Waals surface area contributed by atoms with Gasteiger partial charge < -0.3 is 4.42 Å². The molecule has 0 radical (unpaired) electrons. The maximum absolute atomic E-state index is 11.2. The van der Waals surface area contributed by atoms with Crippen molar-refractivity contribution in [3.63, 3.8) is 0 Å². The number of hydrogen-bond acceptors (Lipinski definition) is 2.